The second-order valence-corrected chi connectivity index (χ2v) is 5.07. The molecule has 0 unspecified atom stereocenters. The Kier molecular flexibility index (Phi) is 4.29. The van der Waals surface area contributed by atoms with E-state index in [4.69, 9.17) is 0 Å². The van der Waals surface area contributed by atoms with Crippen LogP contribution >= 0.6 is 15.9 Å². The summed E-state index contributed by atoms with van der Waals surface area (Å²) in [6.45, 7) is 2.08. The Balaban J connectivity index is 2.24. The molecule has 2 rings (SSSR count). The van der Waals surface area contributed by atoms with E-state index in [2.05, 4.69) is 20.9 Å². The molecule has 1 aromatic heterocycles. The van der Waals surface area contributed by atoms with E-state index < -0.39 is 4.92 Å². The third-order valence-corrected chi connectivity index (χ3v) is 3.88. The number of aryl methyl sites for hydroxylation is 3. The molecule has 1 aromatic carbocycles. The molecular formula is C13H12BrN3O3. The van der Waals surface area contributed by atoms with E-state index in [0.717, 1.165) is 0 Å². The van der Waals surface area contributed by atoms with Crippen molar-refractivity contribution in [2.24, 2.45) is 0 Å². The van der Waals surface area contributed by atoms with Crippen LogP contribution in [0, 0.1) is 17.0 Å². The largest absolute Gasteiger partial charge is 0.298 e. The van der Waals surface area contributed by atoms with Crippen LogP contribution in [0.25, 0.3) is 0 Å². The number of para-hydroxylation sites is 1. The average Bonchev–Trinajstić information content (AvgIpc) is 2.44. The molecule has 0 atom stereocenters. The van der Waals surface area contributed by atoms with E-state index in [0.29, 0.717) is 28.7 Å². The number of hydrogen-bond donors (Lipinski definition) is 0. The maximum Gasteiger partial charge on any atom is 0.272 e. The van der Waals surface area contributed by atoms with Gasteiger partial charge in [-0.15, -0.1) is 0 Å². The number of rotatable bonds is 4. The second-order valence-electron chi connectivity index (χ2n) is 4.28. The predicted octanol–water partition coefficient (Wildman–Crippen LogP) is 2.47. The molecule has 0 aliphatic carbocycles. The SMILES string of the molecule is Cc1ncn(CCc2ccccc2[N+](=O)[O-])c(=O)c1Br. The number of halogens is 1. The van der Waals surface area contributed by atoms with Gasteiger partial charge in [0, 0.05) is 18.2 Å². The van der Waals surface area contributed by atoms with Crippen molar-refractivity contribution in [1.82, 2.24) is 9.55 Å². The fourth-order valence-electron chi connectivity index (χ4n) is 1.85. The fraction of sp³-hybridized carbons (Fsp3) is 0.231. The minimum absolute atomic E-state index is 0.0692. The Hall–Kier alpha value is -2.02. The zero-order chi connectivity index (χ0) is 14.7. The third-order valence-electron chi connectivity index (χ3n) is 2.97. The number of nitro groups is 1. The summed E-state index contributed by atoms with van der Waals surface area (Å²) in [4.78, 5) is 26.6. The van der Waals surface area contributed by atoms with Crippen LogP contribution < -0.4 is 5.56 Å². The molecule has 0 aliphatic heterocycles. The number of aromatic nitrogens is 2. The van der Waals surface area contributed by atoms with Crippen molar-refractivity contribution < 1.29 is 4.92 Å². The normalized spacial score (nSPS) is 10.5. The third kappa shape index (κ3) is 2.93. The first-order chi connectivity index (χ1) is 9.50. The molecule has 6 nitrogen and oxygen atoms in total. The van der Waals surface area contributed by atoms with E-state index in [-0.39, 0.29) is 11.2 Å². The van der Waals surface area contributed by atoms with Gasteiger partial charge in [-0.25, -0.2) is 4.98 Å². The van der Waals surface area contributed by atoms with Crippen LogP contribution in [0.4, 0.5) is 5.69 Å². The summed E-state index contributed by atoms with van der Waals surface area (Å²) in [5.74, 6) is 0. The zero-order valence-electron chi connectivity index (χ0n) is 10.7. The molecule has 104 valence electrons. The Labute approximate surface area is 123 Å². The molecule has 0 spiro atoms. The Morgan fingerprint density at radius 1 is 1.40 bits per heavy atom. The molecule has 0 aliphatic rings. The summed E-state index contributed by atoms with van der Waals surface area (Å²) in [6, 6.07) is 6.52. The molecule has 0 radical (unpaired) electrons. The highest BCUT2D eigenvalue weighted by Gasteiger charge is 2.13. The lowest BCUT2D eigenvalue weighted by atomic mass is 10.1. The summed E-state index contributed by atoms with van der Waals surface area (Å²) >= 11 is 3.19. The van der Waals surface area contributed by atoms with Crippen molar-refractivity contribution in [3.05, 3.63) is 66.8 Å². The molecule has 20 heavy (non-hydrogen) atoms. The summed E-state index contributed by atoms with van der Waals surface area (Å²) < 4.78 is 1.86. The van der Waals surface area contributed by atoms with E-state index in [1.165, 1.54) is 17.0 Å². The quantitative estimate of drug-likeness (QED) is 0.634. The first-order valence-electron chi connectivity index (χ1n) is 5.94. The van der Waals surface area contributed by atoms with Gasteiger partial charge in [0.05, 0.1) is 16.9 Å². The first kappa shape index (κ1) is 14.4. The molecule has 7 heteroatoms. The number of hydrogen-bond acceptors (Lipinski definition) is 4. The number of benzene rings is 1. The van der Waals surface area contributed by atoms with Crippen molar-refractivity contribution in [3.8, 4) is 0 Å². The molecular weight excluding hydrogens is 326 g/mol. The molecule has 0 bridgehead atoms. The molecule has 0 saturated heterocycles. The lowest BCUT2D eigenvalue weighted by Crippen LogP contribution is -2.23. The van der Waals surface area contributed by atoms with Gasteiger partial charge in [-0.3, -0.25) is 19.5 Å². The highest BCUT2D eigenvalue weighted by atomic mass is 79.9. The van der Waals surface area contributed by atoms with Crippen LogP contribution in [0.2, 0.25) is 0 Å². The van der Waals surface area contributed by atoms with Crippen molar-refractivity contribution in [2.75, 3.05) is 0 Å². The second kappa shape index (κ2) is 5.96. The van der Waals surface area contributed by atoms with Crippen molar-refractivity contribution in [2.45, 2.75) is 19.9 Å². The first-order valence-corrected chi connectivity index (χ1v) is 6.74. The van der Waals surface area contributed by atoms with Crippen molar-refractivity contribution in [3.63, 3.8) is 0 Å². The van der Waals surface area contributed by atoms with Crippen LogP contribution in [-0.2, 0) is 13.0 Å². The van der Waals surface area contributed by atoms with Gasteiger partial charge >= 0.3 is 0 Å². The summed E-state index contributed by atoms with van der Waals surface area (Å²) in [7, 11) is 0. The average molecular weight is 338 g/mol. The zero-order valence-corrected chi connectivity index (χ0v) is 12.3. The van der Waals surface area contributed by atoms with Crippen LogP contribution in [0.3, 0.4) is 0 Å². The molecule has 0 amide bonds. The minimum atomic E-state index is -0.415. The van der Waals surface area contributed by atoms with E-state index in [1.807, 2.05) is 0 Å². The smallest absolute Gasteiger partial charge is 0.272 e. The van der Waals surface area contributed by atoms with Crippen LogP contribution in [-0.4, -0.2) is 14.5 Å². The summed E-state index contributed by atoms with van der Waals surface area (Å²) in [5, 5.41) is 10.9. The summed E-state index contributed by atoms with van der Waals surface area (Å²) in [5.41, 5.74) is 1.11. The van der Waals surface area contributed by atoms with Gasteiger partial charge in [0.25, 0.3) is 11.2 Å². The maximum absolute atomic E-state index is 12.0. The highest BCUT2D eigenvalue weighted by Crippen LogP contribution is 2.18. The van der Waals surface area contributed by atoms with E-state index in [9.17, 15) is 14.9 Å². The predicted molar refractivity (Wildman–Crippen MR) is 77.7 cm³/mol. The summed E-state index contributed by atoms with van der Waals surface area (Å²) in [6.07, 6.45) is 1.85. The lowest BCUT2D eigenvalue weighted by Gasteiger charge is -2.07. The Morgan fingerprint density at radius 3 is 2.80 bits per heavy atom. The Morgan fingerprint density at radius 2 is 2.10 bits per heavy atom. The number of nitro benzene ring substituents is 1. The Bertz CT molecular complexity index is 712. The minimum Gasteiger partial charge on any atom is -0.298 e. The standard InChI is InChI=1S/C13H12BrN3O3/c1-9-12(14)13(18)16(8-15-9)7-6-10-4-2-3-5-11(10)17(19)20/h2-5,8H,6-7H2,1H3. The molecule has 2 aromatic rings. The van der Waals surface area contributed by atoms with E-state index >= 15 is 0 Å². The molecule has 0 saturated carbocycles. The van der Waals surface area contributed by atoms with E-state index in [1.54, 1.807) is 25.1 Å². The topological polar surface area (TPSA) is 78.0 Å². The lowest BCUT2D eigenvalue weighted by molar-refractivity contribution is -0.385. The van der Waals surface area contributed by atoms with Gasteiger partial charge in [0.1, 0.15) is 4.47 Å². The molecule has 0 N–H and O–H groups in total. The van der Waals surface area contributed by atoms with Gasteiger partial charge in [-0.1, -0.05) is 18.2 Å². The molecule has 1 heterocycles. The van der Waals surface area contributed by atoms with Crippen molar-refractivity contribution in [1.29, 1.82) is 0 Å². The maximum atomic E-state index is 12.0. The van der Waals surface area contributed by atoms with Gasteiger partial charge in [0.2, 0.25) is 0 Å². The highest BCUT2D eigenvalue weighted by molar-refractivity contribution is 9.10. The van der Waals surface area contributed by atoms with Gasteiger partial charge in [-0.2, -0.15) is 0 Å². The van der Waals surface area contributed by atoms with Gasteiger partial charge < -0.3 is 0 Å². The van der Waals surface area contributed by atoms with Gasteiger partial charge in [0.15, 0.2) is 0 Å². The fourth-order valence-corrected chi connectivity index (χ4v) is 2.18. The van der Waals surface area contributed by atoms with Crippen LogP contribution in [0.15, 0.2) is 39.9 Å². The van der Waals surface area contributed by atoms with Gasteiger partial charge in [-0.05, 0) is 29.3 Å². The van der Waals surface area contributed by atoms with Crippen LogP contribution in [0.5, 0.6) is 0 Å². The van der Waals surface area contributed by atoms with Crippen molar-refractivity contribution >= 4 is 21.6 Å². The van der Waals surface area contributed by atoms with Crippen LogP contribution in [0.1, 0.15) is 11.3 Å². The number of nitrogens with zero attached hydrogens (tertiary/aromatic N) is 3. The molecule has 0 fully saturated rings. The monoisotopic (exact) mass is 337 g/mol.